The molecule has 14 heteroatoms. The van der Waals surface area contributed by atoms with Crippen molar-refractivity contribution in [2.75, 3.05) is 12.3 Å². The molecule has 3 aromatic rings. The highest BCUT2D eigenvalue weighted by molar-refractivity contribution is 8.03. The molecule has 1 spiro atoms. The molecule has 2 aliphatic rings. The summed E-state index contributed by atoms with van der Waals surface area (Å²) in [4.78, 5) is 0.884. The molecule has 3 heterocycles. The van der Waals surface area contributed by atoms with Gasteiger partial charge in [0.25, 0.3) is 15.1 Å². The summed E-state index contributed by atoms with van der Waals surface area (Å²) < 4.78 is 69.8. The Bertz CT molecular complexity index is 1640. The van der Waals surface area contributed by atoms with E-state index in [9.17, 15) is 21.4 Å². The van der Waals surface area contributed by atoms with Crippen LogP contribution in [0, 0.1) is 0 Å². The van der Waals surface area contributed by atoms with E-state index >= 15 is 0 Å². The molecule has 0 saturated carbocycles. The Labute approximate surface area is 233 Å². The molecular formula is C23H24Cl2N2O6S4+2. The maximum atomic E-state index is 12.6. The summed E-state index contributed by atoms with van der Waals surface area (Å²) in [5, 5.41) is 1.61. The fourth-order valence-corrected chi connectivity index (χ4v) is 9.94. The predicted octanol–water partition coefficient (Wildman–Crippen LogP) is 5.58. The number of thioether (sulfide) groups is 1. The first-order valence-corrected chi connectivity index (χ1v) is 17.0. The van der Waals surface area contributed by atoms with E-state index in [0.29, 0.717) is 42.4 Å². The van der Waals surface area contributed by atoms with Gasteiger partial charge in [-0.1, -0.05) is 34.5 Å². The highest BCUT2D eigenvalue weighted by atomic mass is 35.5. The molecule has 8 nitrogen and oxygen atoms in total. The fraction of sp³-hybridized carbons (Fsp3) is 0.348. The zero-order chi connectivity index (χ0) is 26.6. The van der Waals surface area contributed by atoms with E-state index < -0.39 is 25.6 Å². The van der Waals surface area contributed by atoms with Crippen molar-refractivity contribution < 1.29 is 30.5 Å². The number of aryl methyl sites for hydroxylation is 1. The quantitative estimate of drug-likeness (QED) is 0.153. The van der Waals surface area contributed by atoms with E-state index in [4.69, 9.17) is 27.8 Å². The van der Waals surface area contributed by atoms with Gasteiger partial charge in [-0.15, -0.1) is 0 Å². The lowest BCUT2D eigenvalue weighted by Gasteiger charge is -2.34. The van der Waals surface area contributed by atoms with E-state index in [-0.39, 0.29) is 16.7 Å². The number of thiazole rings is 1. The molecule has 2 unspecified atom stereocenters. The van der Waals surface area contributed by atoms with Crippen molar-refractivity contribution in [2.45, 2.75) is 42.5 Å². The van der Waals surface area contributed by atoms with Crippen molar-refractivity contribution in [1.29, 1.82) is 0 Å². The SMILES string of the molecule is O=S(=O)(O)CCCC[n+]1c(C=C2Sc3ccc(Cl)cc3[N+]23CCCC3S(=O)(=O)O)sc2ccc(Cl)cc21. The predicted molar refractivity (Wildman–Crippen MR) is 149 cm³/mol. The van der Waals surface area contributed by atoms with Crippen molar-refractivity contribution in [1.82, 2.24) is 4.48 Å². The number of fused-ring (bicyclic) bond motifs is 3. The lowest BCUT2D eigenvalue weighted by atomic mass is 10.2. The minimum atomic E-state index is -4.37. The first-order valence-electron chi connectivity index (χ1n) is 11.5. The topological polar surface area (TPSA) is 113 Å². The Hall–Kier alpha value is -1.22. The maximum absolute atomic E-state index is 12.6. The molecular weight excluding hydrogens is 599 g/mol. The number of halogens is 2. The lowest BCUT2D eigenvalue weighted by molar-refractivity contribution is -0.669. The molecule has 198 valence electrons. The van der Waals surface area contributed by atoms with Crippen molar-refractivity contribution in [3.05, 3.63) is 56.5 Å². The molecule has 0 aliphatic carbocycles. The van der Waals surface area contributed by atoms with Crippen LogP contribution in [-0.4, -0.2) is 43.6 Å². The summed E-state index contributed by atoms with van der Waals surface area (Å²) in [6.45, 7) is 0.974. The van der Waals surface area contributed by atoms with E-state index in [2.05, 4.69) is 0 Å². The minimum Gasteiger partial charge on any atom is -0.286 e. The van der Waals surface area contributed by atoms with Gasteiger partial charge in [0.15, 0.2) is 17.3 Å². The molecule has 2 atom stereocenters. The Balaban J connectivity index is 1.64. The smallest absolute Gasteiger partial charge is 0.286 e. The number of nitrogens with zero attached hydrogens (tertiary/aromatic N) is 2. The molecule has 1 fully saturated rings. The van der Waals surface area contributed by atoms with Crippen molar-refractivity contribution in [2.24, 2.45) is 0 Å². The lowest BCUT2D eigenvalue weighted by Crippen LogP contribution is -2.53. The Morgan fingerprint density at radius 3 is 2.51 bits per heavy atom. The van der Waals surface area contributed by atoms with E-state index in [0.717, 1.165) is 30.8 Å². The first kappa shape index (κ1) is 27.4. The van der Waals surface area contributed by atoms with E-state index in [1.807, 2.05) is 28.8 Å². The van der Waals surface area contributed by atoms with Crippen molar-refractivity contribution >= 4 is 88.5 Å². The average Bonchev–Trinajstić information content (AvgIpc) is 3.47. The third-order valence-corrected chi connectivity index (χ3v) is 11.6. The van der Waals surface area contributed by atoms with Gasteiger partial charge >= 0.3 is 10.1 Å². The normalized spacial score (nSPS) is 22.9. The second-order valence-electron chi connectivity index (χ2n) is 9.10. The van der Waals surface area contributed by atoms with Crippen LogP contribution in [0.3, 0.4) is 0 Å². The highest BCUT2D eigenvalue weighted by Crippen LogP contribution is 2.57. The molecule has 0 bridgehead atoms. The summed E-state index contributed by atoms with van der Waals surface area (Å²) in [6, 6.07) is 11.0. The molecule has 1 aromatic heterocycles. The molecule has 5 rings (SSSR count). The van der Waals surface area contributed by atoms with Gasteiger partial charge in [0.2, 0.25) is 10.9 Å². The third kappa shape index (κ3) is 5.32. The van der Waals surface area contributed by atoms with Gasteiger partial charge in [-0.2, -0.15) is 21.4 Å². The number of hydrogen-bond acceptors (Lipinski definition) is 6. The standard InChI is InChI=1S/C23H22Cl2N2O6S4/c24-15-5-7-19-17(12-15)26(9-1-2-11-36(28,29)30)21(34-19)14-22-27(10-3-4-23(27)37(31,32)33)18-13-16(25)6-8-20(18)35-22/h5-8,12-14,23H,1-4,9-11H2/p+2. The second kappa shape index (κ2) is 10.1. The number of rotatable bonds is 7. The van der Waals surface area contributed by atoms with Gasteiger partial charge in [-0.3, -0.25) is 9.11 Å². The molecule has 2 aromatic carbocycles. The number of quaternary nitrogens is 1. The van der Waals surface area contributed by atoms with Crippen LogP contribution in [0.15, 0.2) is 46.3 Å². The van der Waals surface area contributed by atoms with Gasteiger partial charge in [0.1, 0.15) is 4.70 Å². The van der Waals surface area contributed by atoms with Gasteiger partial charge in [-0.25, -0.2) is 4.48 Å². The fourth-order valence-electron chi connectivity index (χ4n) is 5.20. The first-order chi connectivity index (χ1) is 17.4. The van der Waals surface area contributed by atoms with Crippen LogP contribution in [0.1, 0.15) is 30.7 Å². The van der Waals surface area contributed by atoms with Crippen LogP contribution < -0.4 is 9.05 Å². The summed E-state index contributed by atoms with van der Waals surface area (Å²) in [5.74, 6) is -0.325. The summed E-state index contributed by atoms with van der Waals surface area (Å²) >= 11 is 15.6. The molecule has 2 aliphatic heterocycles. The molecule has 1 saturated heterocycles. The summed E-state index contributed by atoms with van der Waals surface area (Å²) in [5.41, 5.74) is 1.63. The monoisotopic (exact) mass is 622 g/mol. The van der Waals surface area contributed by atoms with Crippen LogP contribution in [0.2, 0.25) is 10.0 Å². The number of aromatic nitrogens is 1. The van der Waals surface area contributed by atoms with Crippen LogP contribution >= 0.6 is 46.3 Å². The van der Waals surface area contributed by atoms with Crippen LogP contribution in [0.5, 0.6) is 0 Å². The van der Waals surface area contributed by atoms with Gasteiger partial charge < -0.3 is 0 Å². The van der Waals surface area contributed by atoms with Gasteiger partial charge in [0.05, 0.1) is 23.3 Å². The van der Waals surface area contributed by atoms with Crippen LogP contribution in [0.25, 0.3) is 16.3 Å². The van der Waals surface area contributed by atoms with Crippen molar-refractivity contribution in [3.63, 3.8) is 0 Å². The zero-order valence-electron chi connectivity index (χ0n) is 19.4. The summed E-state index contributed by atoms with van der Waals surface area (Å²) in [7, 11) is -8.42. The average molecular weight is 624 g/mol. The number of unbranched alkanes of at least 4 members (excludes halogenated alkanes) is 1. The van der Waals surface area contributed by atoms with Crippen LogP contribution in [-0.2, 0) is 26.8 Å². The third-order valence-electron chi connectivity index (χ3n) is 6.73. The Kier molecular flexibility index (Phi) is 7.44. The second-order valence-corrected chi connectivity index (χ2v) is 15.2. The Morgan fingerprint density at radius 1 is 1.05 bits per heavy atom. The molecule has 37 heavy (non-hydrogen) atoms. The summed E-state index contributed by atoms with van der Waals surface area (Å²) in [6.07, 6.45) is 3.68. The van der Waals surface area contributed by atoms with E-state index in [1.165, 1.54) is 23.1 Å². The zero-order valence-corrected chi connectivity index (χ0v) is 24.2. The number of benzene rings is 2. The van der Waals surface area contributed by atoms with Crippen LogP contribution in [0.4, 0.5) is 5.69 Å². The molecule has 2 N–H and O–H groups in total. The highest BCUT2D eigenvalue weighted by Gasteiger charge is 2.58. The van der Waals surface area contributed by atoms with Gasteiger partial charge in [-0.05, 0) is 42.4 Å². The van der Waals surface area contributed by atoms with E-state index in [1.54, 1.807) is 18.2 Å². The minimum absolute atomic E-state index is 0.0167. The van der Waals surface area contributed by atoms with Gasteiger partial charge in [0, 0.05) is 41.4 Å². The van der Waals surface area contributed by atoms with Crippen molar-refractivity contribution in [3.8, 4) is 0 Å². The molecule has 0 amide bonds. The largest absolute Gasteiger partial charge is 0.320 e. The number of hydrogen-bond donors (Lipinski definition) is 2. The molecule has 0 radical (unpaired) electrons. The Morgan fingerprint density at radius 2 is 1.78 bits per heavy atom. The maximum Gasteiger partial charge on any atom is 0.320 e.